The molecule has 1 saturated heterocycles. The smallest absolute Gasteiger partial charge is 0.0451 e. The maximum atomic E-state index is 6.20. The van der Waals surface area contributed by atoms with Crippen molar-refractivity contribution < 1.29 is 0 Å². The summed E-state index contributed by atoms with van der Waals surface area (Å²) >= 11 is 6.20. The van der Waals surface area contributed by atoms with E-state index in [1.807, 2.05) is 19.2 Å². The number of hydrogen-bond acceptors (Lipinski definition) is 2. The van der Waals surface area contributed by atoms with Crippen LogP contribution in [0.1, 0.15) is 18.4 Å². The first-order valence-corrected chi connectivity index (χ1v) is 6.77. The van der Waals surface area contributed by atoms with Gasteiger partial charge in [0.1, 0.15) is 0 Å². The standard InChI is InChI=1S/C14H21ClN2/c1-16-9-12-5-4-8-17(10-12)11-13-6-2-3-7-14(13)15/h2-3,6-7,12,16H,4-5,8-11H2,1H3. The second-order valence-electron chi connectivity index (χ2n) is 4.89. The Morgan fingerprint density at radius 1 is 1.41 bits per heavy atom. The number of likely N-dealkylation sites (tertiary alicyclic amines) is 1. The van der Waals surface area contributed by atoms with Crippen LogP contribution in [0.4, 0.5) is 0 Å². The molecule has 1 N–H and O–H groups in total. The minimum absolute atomic E-state index is 0.788. The molecule has 0 saturated carbocycles. The van der Waals surface area contributed by atoms with Gasteiger partial charge < -0.3 is 5.32 Å². The molecular weight excluding hydrogens is 232 g/mol. The van der Waals surface area contributed by atoms with Crippen molar-refractivity contribution in [2.75, 3.05) is 26.7 Å². The molecule has 0 spiro atoms. The highest BCUT2D eigenvalue weighted by atomic mass is 35.5. The van der Waals surface area contributed by atoms with E-state index in [1.54, 1.807) is 0 Å². The maximum Gasteiger partial charge on any atom is 0.0451 e. The van der Waals surface area contributed by atoms with Crippen molar-refractivity contribution in [2.24, 2.45) is 5.92 Å². The predicted octanol–water partition coefficient (Wildman–Crippen LogP) is 2.77. The second-order valence-corrected chi connectivity index (χ2v) is 5.30. The Morgan fingerprint density at radius 2 is 2.24 bits per heavy atom. The van der Waals surface area contributed by atoms with E-state index >= 15 is 0 Å². The Kier molecular flexibility index (Phi) is 4.84. The molecular formula is C14H21ClN2. The van der Waals surface area contributed by atoms with Crippen molar-refractivity contribution in [2.45, 2.75) is 19.4 Å². The van der Waals surface area contributed by atoms with Gasteiger partial charge in [0.15, 0.2) is 0 Å². The largest absolute Gasteiger partial charge is 0.319 e. The zero-order valence-corrected chi connectivity index (χ0v) is 11.2. The van der Waals surface area contributed by atoms with E-state index in [2.05, 4.69) is 22.3 Å². The molecule has 17 heavy (non-hydrogen) atoms. The van der Waals surface area contributed by atoms with Gasteiger partial charge in [-0.1, -0.05) is 29.8 Å². The summed E-state index contributed by atoms with van der Waals surface area (Å²) in [6.07, 6.45) is 2.65. The van der Waals surface area contributed by atoms with Crippen molar-refractivity contribution in [1.82, 2.24) is 10.2 Å². The van der Waals surface area contributed by atoms with Gasteiger partial charge >= 0.3 is 0 Å². The normalized spacial score (nSPS) is 21.6. The number of nitrogens with zero attached hydrogens (tertiary/aromatic N) is 1. The molecule has 1 atom stereocenters. The SMILES string of the molecule is CNCC1CCCN(Cc2ccccc2Cl)C1. The zero-order chi connectivity index (χ0) is 12.1. The monoisotopic (exact) mass is 252 g/mol. The lowest BCUT2D eigenvalue weighted by atomic mass is 9.97. The molecule has 1 heterocycles. The summed E-state index contributed by atoms with van der Waals surface area (Å²) in [6, 6.07) is 8.16. The van der Waals surface area contributed by atoms with E-state index in [0.29, 0.717) is 0 Å². The summed E-state index contributed by atoms with van der Waals surface area (Å²) in [4.78, 5) is 2.52. The van der Waals surface area contributed by atoms with E-state index in [1.165, 1.54) is 31.5 Å². The molecule has 1 aromatic rings. The molecule has 1 aromatic carbocycles. The van der Waals surface area contributed by atoms with Gasteiger partial charge in [0.05, 0.1) is 0 Å². The van der Waals surface area contributed by atoms with Crippen LogP contribution in [0.15, 0.2) is 24.3 Å². The predicted molar refractivity (Wildman–Crippen MR) is 73.4 cm³/mol. The topological polar surface area (TPSA) is 15.3 Å². The summed E-state index contributed by atoms with van der Waals surface area (Å²) < 4.78 is 0. The van der Waals surface area contributed by atoms with Crippen molar-refractivity contribution in [3.05, 3.63) is 34.9 Å². The summed E-state index contributed by atoms with van der Waals surface area (Å²) in [6.45, 7) is 4.50. The average molecular weight is 253 g/mol. The molecule has 2 rings (SSSR count). The van der Waals surface area contributed by atoms with Gasteiger partial charge in [0.2, 0.25) is 0 Å². The van der Waals surface area contributed by atoms with Gasteiger partial charge in [-0.15, -0.1) is 0 Å². The van der Waals surface area contributed by atoms with Crippen LogP contribution in [0, 0.1) is 5.92 Å². The van der Waals surface area contributed by atoms with Crippen LogP contribution in [0.2, 0.25) is 5.02 Å². The molecule has 1 aliphatic rings. The average Bonchev–Trinajstić information content (AvgIpc) is 2.33. The molecule has 1 fully saturated rings. The third-order valence-corrected chi connectivity index (χ3v) is 3.82. The zero-order valence-electron chi connectivity index (χ0n) is 10.5. The van der Waals surface area contributed by atoms with Gasteiger partial charge in [-0.3, -0.25) is 4.90 Å². The van der Waals surface area contributed by atoms with Crippen molar-refractivity contribution in [3.8, 4) is 0 Å². The van der Waals surface area contributed by atoms with E-state index in [9.17, 15) is 0 Å². The van der Waals surface area contributed by atoms with Crippen LogP contribution < -0.4 is 5.32 Å². The number of nitrogens with one attached hydrogen (secondary N) is 1. The Labute approximate surface area is 109 Å². The molecule has 0 aliphatic carbocycles. The van der Waals surface area contributed by atoms with E-state index in [-0.39, 0.29) is 0 Å². The second kappa shape index (κ2) is 6.39. The Morgan fingerprint density at radius 3 is 3.00 bits per heavy atom. The van der Waals surface area contributed by atoms with Crippen molar-refractivity contribution >= 4 is 11.6 Å². The fourth-order valence-corrected chi connectivity index (χ4v) is 2.81. The van der Waals surface area contributed by atoms with E-state index < -0.39 is 0 Å². The Balaban J connectivity index is 1.92. The van der Waals surface area contributed by atoms with Gasteiger partial charge in [-0.2, -0.15) is 0 Å². The number of hydrogen-bond donors (Lipinski definition) is 1. The lowest BCUT2D eigenvalue weighted by Gasteiger charge is -2.32. The number of halogens is 1. The third-order valence-electron chi connectivity index (χ3n) is 3.45. The molecule has 94 valence electrons. The van der Waals surface area contributed by atoms with Crippen LogP contribution >= 0.6 is 11.6 Å². The first kappa shape index (κ1) is 12.9. The highest BCUT2D eigenvalue weighted by Gasteiger charge is 2.19. The highest BCUT2D eigenvalue weighted by molar-refractivity contribution is 6.31. The number of rotatable bonds is 4. The fourth-order valence-electron chi connectivity index (χ4n) is 2.62. The lowest BCUT2D eigenvalue weighted by molar-refractivity contribution is 0.167. The van der Waals surface area contributed by atoms with Gasteiger partial charge in [-0.05, 0) is 50.5 Å². The first-order chi connectivity index (χ1) is 8.29. The van der Waals surface area contributed by atoms with Crippen LogP contribution in [0.25, 0.3) is 0 Å². The molecule has 1 aliphatic heterocycles. The summed E-state index contributed by atoms with van der Waals surface area (Å²) in [5.41, 5.74) is 1.25. The number of piperidine rings is 1. The van der Waals surface area contributed by atoms with Crippen LogP contribution in [-0.2, 0) is 6.54 Å². The molecule has 0 amide bonds. The Bertz CT molecular complexity index is 352. The van der Waals surface area contributed by atoms with Crippen LogP contribution in [-0.4, -0.2) is 31.6 Å². The molecule has 0 radical (unpaired) electrons. The van der Waals surface area contributed by atoms with Crippen molar-refractivity contribution in [1.29, 1.82) is 0 Å². The van der Waals surface area contributed by atoms with Crippen molar-refractivity contribution in [3.63, 3.8) is 0 Å². The van der Waals surface area contributed by atoms with Crippen LogP contribution in [0.3, 0.4) is 0 Å². The van der Waals surface area contributed by atoms with E-state index in [0.717, 1.165) is 24.0 Å². The highest BCUT2D eigenvalue weighted by Crippen LogP contribution is 2.21. The quantitative estimate of drug-likeness (QED) is 0.887. The van der Waals surface area contributed by atoms with E-state index in [4.69, 9.17) is 11.6 Å². The number of benzene rings is 1. The molecule has 0 aromatic heterocycles. The molecule has 0 bridgehead atoms. The fraction of sp³-hybridized carbons (Fsp3) is 0.571. The summed E-state index contributed by atoms with van der Waals surface area (Å²) in [5, 5.41) is 4.17. The molecule has 2 nitrogen and oxygen atoms in total. The minimum Gasteiger partial charge on any atom is -0.319 e. The summed E-state index contributed by atoms with van der Waals surface area (Å²) in [5.74, 6) is 0.788. The third kappa shape index (κ3) is 3.70. The minimum atomic E-state index is 0.788. The van der Waals surface area contributed by atoms with Gasteiger partial charge in [0, 0.05) is 18.1 Å². The Hall–Kier alpha value is -0.570. The first-order valence-electron chi connectivity index (χ1n) is 6.40. The summed E-state index contributed by atoms with van der Waals surface area (Å²) in [7, 11) is 2.03. The molecule has 1 unspecified atom stereocenters. The van der Waals surface area contributed by atoms with Crippen LogP contribution in [0.5, 0.6) is 0 Å². The molecule has 3 heteroatoms. The lowest BCUT2D eigenvalue weighted by Crippen LogP contribution is -2.38. The van der Waals surface area contributed by atoms with Gasteiger partial charge in [0.25, 0.3) is 0 Å². The van der Waals surface area contributed by atoms with Gasteiger partial charge in [-0.25, -0.2) is 0 Å². The maximum absolute atomic E-state index is 6.20.